The first kappa shape index (κ1) is 26.9. The SMILES string of the molecule is CC(=O)Oc1cccc([C@@]23CCN(CC4CC4)C[C@@]2(O)CC[C@@H](N(CC(C)C)C(=O)c2ccccc2)C3)c1. The van der Waals surface area contributed by atoms with E-state index in [4.69, 9.17) is 4.74 Å². The van der Waals surface area contributed by atoms with E-state index >= 15 is 0 Å². The molecule has 1 aliphatic heterocycles. The van der Waals surface area contributed by atoms with Crippen LogP contribution < -0.4 is 4.74 Å². The van der Waals surface area contributed by atoms with Gasteiger partial charge >= 0.3 is 5.97 Å². The summed E-state index contributed by atoms with van der Waals surface area (Å²) < 4.78 is 5.46. The summed E-state index contributed by atoms with van der Waals surface area (Å²) in [5.41, 5.74) is 0.272. The van der Waals surface area contributed by atoms with Gasteiger partial charge in [-0.25, -0.2) is 0 Å². The lowest BCUT2D eigenvalue weighted by Gasteiger charge is -2.59. The van der Waals surface area contributed by atoms with Gasteiger partial charge in [-0.15, -0.1) is 0 Å². The topological polar surface area (TPSA) is 70.1 Å². The highest BCUT2D eigenvalue weighted by Crippen LogP contribution is 2.53. The van der Waals surface area contributed by atoms with Crippen molar-refractivity contribution < 1.29 is 19.4 Å². The number of rotatable bonds is 8. The van der Waals surface area contributed by atoms with Gasteiger partial charge in [0.05, 0.1) is 5.60 Å². The summed E-state index contributed by atoms with van der Waals surface area (Å²) in [4.78, 5) is 30.1. The molecular weight excluding hydrogens is 476 g/mol. The van der Waals surface area contributed by atoms with Crippen LogP contribution in [0, 0.1) is 11.8 Å². The average Bonchev–Trinajstić information content (AvgIpc) is 3.70. The summed E-state index contributed by atoms with van der Waals surface area (Å²) in [6.07, 6.45) is 5.48. The average molecular weight is 519 g/mol. The summed E-state index contributed by atoms with van der Waals surface area (Å²) in [6.45, 7) is 9.01. The zero-order valence-electron chi connectivity index (χ0n) is 23.1. The molecule has 1 amide bonds. The number of carbonyl (C=O) groups is 2. The fraction of sp³-hybridized carbons (Fsp3) is 0.562. The van der Waals surface area contributed by atoms with Crippen LogP contribution in [0.4, 0.5) is 0 Å². The zero-order chi connectivity index (χ0) is 26.9. The number of esters is 1. The van der Waals surface area contributed by atoms with Crippen molar-refractivity contribution in [1.29, 1.82) is 0 Å². The highest BCUT2D eigenvalue weighted by Gasteiger charge is 2.58. The quantitative estimate of drug-likeness (QED) is 0.391. The molecule has 38 heavy (non-hydrogen) atoms. The largest absolute Gasteiger partial charge is 0.427 e. The zero-order valence-corrected chi connectivity index (χ0v) is 23.1. The Balaban J connectivity index is 1.51. The Morgan fingerprint density at radius 1 is 1.08 bits per heavy atom. The van der Waals surface area contributed by atoms with Gasteiger partial charge in [0, 0.05) is 43.6 Å². The number of fused-ring (bicyclic) bond motifs is 1. The van der Waals surface area contributed by atoms with E-state index in [1.165, 1.54) is 19.8 Å². The number of ether oxygens (including phenoxy) is 1. The first-order chi connectivity index (χ1) is 18.2. The lowest BCUT2D eigenvalue weighted by Crippen LogP contribution is -2.67. The predicted molar refractivity (Wildman–Crippen MR) is 148 cm³/mol. The van der Waals surface area contributed by atoms with Crippen molar-refractivity contribution in [2.24, 2.45) is 11.8 Å². The number of β-amino-alcohol motifs (C(OH)–C–C–N with tert-alkyl or cyclic N) is 1. The maximum atomic E-state index is 13.8. The number of amides is 1. The minimum atomic E-state index is -0.912. The van der Waals surface area contributed by atoms with Gasteiger partial charge in [-0.05, 0) is 86.7 Å². The standard InChI is InChI=1S/C32H42N2O4/c1-23(2)20-34(30(36)26-8-5-4-6-9-26)28-14-15-32(37)22-33(21-25-12-13-25)17-16-31(32,19-28)27-10-7-11-29(18-27)38-24(3)35/h4-11,18,23,25,28,37H,12-17,19-22H2,1-3H3/t28-,31+,32+/m1/s1. The molecule has 0 spiro atoms. The van der Waals surface area contributed by atoms with Crippen LogP contribution in [0.15, 0.2) is 54.6 Å². The molecule has 1 N–H and O–H groups in total. The summed E-state index contributed by atoms with van der Waals surface area (Å²) in [7, 11) is 0. The third-order valence-electron chi connectivity index (χ3n) is 8.85. The van der Waals surface area contributed by atoms with Crippen LogP contribution in [-0.2, 0) is 10.2 Å². The third-order valence-corrected chi connectivity index (χ3v) is 8.85. The van der Waals surface area contributed by atoms with Gasteiger partial charge in [0.25, 0.3) is 5.91 Å². The number of benzene rings is 2. The lowest BCUT2D eigenvalue weighted by molar-refractivity contribution is -0.134. The number of nitrogens with zero attached hydrogens (tertiary/aromatic N) is 2. The Morgan fingerprint density at radius 3 is 2.53 bits per heavy atom. The summed E-state index contributed by atoms with van der Waals surface area (Å²) in [5, 5.41) is 12.5. The lowest BCUT2D eigenvalue weighted by atomic mass is 9.55. The van der Waals surface area contributed by atoms with Gasteiger partial charge in [0.1, 0.15) is 5.75 Å². The second-order valence-corrected chi connectivity index (χ2v) is 12.3. The number of hydrogen-bond acceptors (Lipinski definition) is 5. The number of aliphatic hydroxyl groups is 1. The van der Waals surface area contributed by atoms with Crippen molar-refractivity contribution in [2.45, 2.75) is 76.4 Å². The molecule has 0 radical (unpaired) electrons. The molecule has 6 heteroatoms. The highest BCUT2D eigenvalue weighted by molar-refractivity contribution is 5.94. The maximum absolute atomic E-state index is 13.8. The fourth-order valence-corrected chi connectivity index (χ4v) is 6.88. The van der Waals surface area contributed by atoms with E-state index in [9.17, 15) is 14.7 Å². The number of likely N-dealkylation sites (tertiary alicyclic amines) is 1. The number of hydrogen-bond donors (Lipinski definition) is 1. The highest BCUT2D eigenvalue weighted by atomic mass is 16.5. The van der Waals surface area contributed by atoms with Gasteiger partial charge < -0.3 is 19.6 Å². The Labute approximate surface area is 227 Å². The van der Waals surface area contributed by atoms with E-state index in [0.29, 0.717) is 43.2 Å². The molecule has 0 bridgehead atoms. The van der Waals surface area contributed by atoms with Crippen LogP contribution in [0.2, 0.25) is 0 Å². The predicted octanol–water partition coefficient (Wildman–Crippen LogP) is 5.05. The summed E-state index contributed by atoms with van der Waals surface area (Å²) in [5.74, 6) is 1.30. The molecule has 2 saturated carbocycles. The Bertz CT molecular complexity index is 1150. The molecule has 2 aromatic carbocycles. The maximum Gasteiger partial charge on any atom is 0.308 e. The van der Waals surface area contributed by atoms with Crippen molar-refractivity contribution in [3.8, 4) is 5.75 Å². The molecule has 6 nitrogen and oxygen atoms in total. The fourth-order valence-electron chi connectivity index (χ4n) is 6.88. The molecule has 1 saturated heterocycles. The monoisotopic (exact) mass is 518 g/mol. The van der Waals surface area contributed by atoms with E-state index in [-0.39, 0.29) is 17.9 Å². The molecule has 3 fully saturated rings. The molecule has 5 rings (SSSR count). The van der Waals surface area contributed by atoms with Crippen LogP contribution in [-0.4, -0.2) is 64.6 Å². The second kappa shape index (κ2) is 10.8. The molecule has 204 valence electrons. The van der Waals surface area contributed by atoms with Gasteiger partial charge in [0.15, 0.2) is 0 Å². The van der Waals surface area contributed by atoms with Crippen LogP contribution in [0.3, 0.4) is 0 Å². The smallest absolute Gasteiger partial charge is 0.308 e. The van der Waals surface area contributed by atoms with Gasteiger partial charge in [-0.1, -0.05) is 44.2 Å². The molecule has 2 aromatic rings. The van der Waals surface area contributed by atoms with Gasteiger partial charge in [-0.2, -0.15) is 0 Å². The summed E-state index contributed by atoms with van der Waals surface area (Å²) >= 11 is 0. The third kappa shape index (κ3) is 5.52. The normalized spacial score (nSPS) is 27.6. The van der Waals surface area contributed by atoms with E-state index < -0.39 is 11.0 Å². The van der Waals surface area contributed by atoms with E-state index in [1.807, 2.05) is 42.5 Å². The minimum Gasteiger partial charge on any atom is -0.427 e. The van der Waals surface area contributed by atoms with Gasteiger partial charge in [-0.3, -0.25) is 9.59 Å². The van der Waals surface area contributed by atoms with Crippen molar-refractivity contribution in [2.75, 3.05) is 26.2 Å². The van der Waals surface area contributed by atoms with E-state index in [2.05, 4.69) is 29.7 Å². The first-order valence-corrected chi connectivity index (χ1v) is 14.3. The minimum absolute atomic E-state index is 0.0118. The molecule has 3 aliphatic rings. The molecular formula is C32H42N2O4. The van der Waals surface area contributed by atoms with E-state index in [0.717, 1.165) is 37.4 Å². The second-order valence-electron chi connectivity index (χ2n) is 12.3. The van der Waals surface area contributed by atoms with E-state index in [1.54, 1.807) is 6.07 Å². The van der Waals surface area contributed by atoms with Crippen LogP contribution in [0.5, 0.6) is 5.75 Å². The Hall–Kier alpha value is -2.70. The Morgan fingerprint density at radius 2 is 1.84 bits per heavy atom. The van der Waals surface area contributed by atoms with Crippen LogP contribution >= 0.6 is 0 Å². The van der Waals surface area contributed by atoms with Crippen LogP contribution in [0.1, 0.15) is 75.2 Å². The Kier molecular flexibility index (Phi) is 7.65. The van der Waals surface area contributed by atoms with Crippen LogP contribution in [0.25, 0.3) is 0 Å². The van der Waals surface area contributed by atoms with Crippen molar-refractivity contribution in [3.05, 3.63) is 65.7 Å². The first-order valence-electron chi connectivity index (χ1n) is 14.3. The molecule has 3 atom stereocenters. The molecule has 0 unspecified atom stereocenters. The van der Waals surface area contributed by atoms with Crippen molar-refractivity contribution >= 4 is 11.9 Å². The molecule has 2 aliphatic carbocycles. The molecule has 1 heterocycles. The van der Waals surface area contributed by atoms with Crippen molar-refractivity contribution in [3.63, 3.8) is 0 Å². The molecule has 0 aromatic heterocycles. The van der Waals surface area contributed by atoms with Gasteiger partial charge in [0.2, 0.25) is 0 Å². The number of carbonyl (C=O) groups excluding carboxylic acids is 2. The summed E-state index contributed by atoms with van der Waals surface area (Å²) in [6, 6.07) is 17.3. The number of piperidine rings is 1. The van der Waals surface area contributed by atoms with Crippen molar-refractivity contribution in [1.82, 2.24) is 9.80 Å².